The molecule has 24 heavy (non-hydrogen) atoms. The van der Waals surface area contributed by atoms with Crippen molar-refractivity contribution in [2.45, 2.75) is 31.4 Å². The first-order valence-corrected chi connectivity index (χ1v) is 9.65. The first kappa shape index (κ1) is 16.9. The molecule has 0 fully saturated rings. The molecule has 0 radical (unpaired) electrons. The van der Waals surface area contributed by atoms with Gasteiger partial charge in [-0.1, -0.05) is 49.0 Å². The highest BCUT2D eigenvalue weighted by molar-refractivity contribution is 8.00. The van der Waals surface area contributed by atoms with Gasteiger partial charge in [-0.3, -0.25) is 4.79 Å². The highest BCUT2D eigenvalue weighted by Gasteiger charge is 2.15. The molecule has 1 atom stereocenters. The average Bonchev–Trinajstić information content (AvgIpc) is 3.05. The zero-order chi connectivity index (χ0) is 16.9. The summed E-state index contributed by atoms with van der Waals surface area (Å²) in [6.45, 7) is 3.90. The molecule has 0 saturated carbocycles. The minimum Gasteiger partial charge on any atom is -0.462 e. The van der Waals surface area contributed by atoms with E-state index in [1.54, 1.807) is 17.7 Å². The van der Waals surface area contributed by atoms with Gasteiger partial charge in [0.05, 0.1) is 17.2 Å². The van der Waals surface area contributed by atoms with E-state index in [4.69, 9.17) is 4.74 Å². The summed E-state index contributed by atoms with van der Waals surface area (Å²) >= 11 is 3.00. The first-order chi connectivity index (χ1) is 11.7. The average molecular weight is 358 g/mol. The van der Waals surface area contributed by atoms with Crippen LogP contribution in [-0.4, -0.2) is 27.8 Å². The van der Waals surface area contributed by atoms with E-state index in [-0.39, 0.29) is 17.8 Å². The third kappa shape index (κ3) is 3.76. The molecular formula is C18H18N2O2S2. The zero-order valence-electron chi connectivity index (χ0n) is 13.6. The molecule has 1 aromatic carbocycles. The Hall–Kier alpha value is -1.92. The highest BCUT2D eigenvalue weighted by Crippen LogP contribution is 2.37. The van der Waals surface area contributed by atoms with Crippen LogP contribution in [0.5, 0.6) is 0 Å². The maximum absolute atomic E-state index is 11.9. The summed E-state index contributed by atoms with van der Waals surface area (Å²) in [5.41, 5.74) is 2.23. The van der Waals surface area contributed by atoms with Gasteiger partial charge in [-0.2, -0.15) is 0 Å². The Balaban J connectivity index is 1.86. The molecule has 2 heterocycles. The molecule has 0 spiro atoms. The summed E-state index contributed by atoms with van der Waals surface area (Å²) in [6, 6.07) is 10.2. The van der Waals surface area contributed by atoms with Crippen LogP contribution in [0.2, 0.25) is 0 Å². The monoisotopic (exact) mass is 358 g/mol. The van der Waals surface area contributed by atoms with Crippen molar-refractivity contribution in [3.63, 3.8) is 0 Å². The van der Waals surface area contributed by atoms with Crippen LogP contribution >= 0.6 is 23.1 Å². The maximum atomic E-state index is 11.9. The fraction of sp³-hybridized carbons (Fsp3) is 0.278. The predicted molar refractivity (Wildman–Crippen MR) is 99.4 cm³/mol. The molecule has 6 heteroatoms. The van der Waals surface area contributed by atoms with Crippen molar-refractivity contribution in [2.75, 3.05) is 5.75 Å². The van der Waals surface area contributed by atoms with Gasteiger partial charge >= 0.3 is 5.97 Å². The molecule has 0 N–H and O–H groups in total. The third-order valence-electron chi connectivity index (χ3n) is 3.65. The Morgan fingerprint density at radius 3 is 2.83 bits per heavy atom. The largest absolute Gasteiger partial charge is 0.462 e. The molecule has 2 aromatic heterocycles. The molecule has 3 rings (SSSR count). The number of aromatic nitrogens is 2. The number of esters is 1. The molecule has 124 valence electrons. The van der Waals surface area contributed by atoms with Crippen molar-refractivity contribution in [2.24, 2.45) is 0 Å². The van der Waals surface area contributed by atoms with Crippen molar-refractivity contribution in [3.8, 4) is 11.1 Å². The minimum atomic E-state index is -0.211. The van der Waals surface area contributed by atoms with Crippen LogP contribution in [0.4, 0.5) is 0 Å². The number of carbonyl (C=O) groups is 1. The quantitative estimate of drug-likeness (QED) is 0.360. The second kappa shape index (κ2) is 7.77. The van der Waals surface area contributed by atoms with Gasteiger partial charge < -0.3 is 4.74 Å². The molecule has 0 saturated heterocycles. The lowest BCUT2D eigenvalue weighted by atomic mass is 10.1. The molecule has 0 bridgehead atoms. The lowest BCUT2D eigenvalue weighted by Crippen LogP contribution is -2.15. The molecule has 0 amide bonds. The molecule has 0 aliphatic carbocycles. The molecule has 4 nitrogen and oxygen atoms in total. The van der Waals surface area contributed by atoms with Crippen LogP contribution in [0, 0.1) is 0 Å². The van der Waals surface area contributed by atoms with E-state index in [0.717, 1.165) is 32.8 Å². The number of thiophene rings is 1. The van der Waals surface area contributed by atoms with E-state index >= 15 is 0 Å². The fourth-order valence-corrected chi connectivity index (χ4v) is 4.03. The Bertz CT molecular complexity index is 833. The number of fused-ring (bicyclic) bond motifs is 1. The number of benzene rings is 1. The maximum Gasteiger partial charge on any atom is 0.316 e. The van der Waals surface area contributed by atoms with E-state index in [2.05, 4.69) is 27.5 Å². The SMILES string of the molecule is CC[C@@H](C)OC(=O)CSc1ncnc2scc(-c3ccccc3)c12. The molecule has 0 aliphatic rings. The van der Waals surface area contributed by atoms with Gasteiger partial charge in [-0.05, 0) is 18.9 Å². The van der Waals surface area contributed by atoms with Crippen LogP contribution < -0.4 is 0 Å². The second-order valence-electron chi connectivity index (χ2n) is 5.37. The van der Waals surface area contributed by atoms with Crippen LogP contribution in [0.3, 0.4) is 0 Å². The Kier molecular flexibility index (Phi) is 5.48. The van der Waals surface area contributed by atoms with Crippen LogP contribution in [0.15, 0.2) is 47.1 Å². The molecule has 3 aromatic rings. The third-order valence-corrected chi connectivity index (χ3v) is 5.50. The van der Waals surface area contributed by atoms with E-state index in [9.17, 15) is 4.79 Å². The zero-order valence-corrected chi connectivity index (χ0v) is 15.2. The summed E-state index contributed by atoms with van der Waals surface area (Å²) in [4.78, 5) is 21.6. The van der Waals surface area contributed by atoms with E-state index in [1.807, 2.05) is 32.0 Å². The Labute approximate surface area is 149 Å². The van der Waals surface area contributed by atoms with E-state index in [1.165, 1.54) is 11.8 Å². The van der Waals surface area contributed by atoms with Gasteiger partial charge in [-0.15, -0.1) is 11.3 Å². The van der Waals surface area contributed by atoms with E-state index in [0.29, 0.717) is 0 Å². The number of rotatable bonds is 6. The first-order valence-electron chi connectivity index (χ1n) is 7.79. The highest BCUT2D eigenvalue weighted by atomic mass is 32.2. The number of hydrogen-bond acceptors (Lipinski definition) is 6. The van der Waals surface area contributed by atoms with Crippen LogP contribution in [0.1, 0.15) is 20.3 Å². The summed E-state index contributed by atoms with van der Waals surface area (Å²) in [5.74, 6) is 0.0400. The van der Waals surface area contributed by atoms with Gasteiger partial charge in [0.1, 0.15) is 16.2 Å². The summed E-state index contributed by atoms with van der Waals surface area (Å²) in [5, 5.41) is 3.92. The number of carbonyl (C=O) groups excluding carboxylic acids is 1. The van der Waals surface area contributed by atoms with Crippen molar-refractivity contribution in [1.29, 1.82) is 0 Å². The smallest absolute Gasteiger partial charge is 0.316 e. The molecular weight excluding hydrogens is 340 g/mol. The Morgan fingerprint density at radius 2 is 2.08 bits per heavy atom. The van der Waals surface area contributed by atoms with Crippen molar-refractivity contribution < 1.29 is 9.53 Å². The fourth-order valence-electron chi connectivity index (χ4n) is 2.26. The minimum absolute atomic E-state index is 0.0513. The Morgan fingerprint density at radius 1 is 1.29 bits per heavy atom. The van der Waals surface area contributed by atoms with Gasteiger partial charge in [0.25, 0.3) is 0 Å². The number of thioether (sulfide) groups is 1. The second-order valence-corrected chi connectivity index (χ2v) is 7.19. The van der Waals surface area contributed by atoms with Crippen LogP contribution in [-0.2, 0) is 9.53 Å². The lowest BCUT2D eigenvalue weighted by molar-refractivity contribution is -0.144. The molecule has 0 aliphatic heterocycles. The molecule has 0 unspecified atom stereocenters. The number of ether oxygens (including phenoxy) is 1. The number of nitrogens with zero attached hydrogens (tertiary/aromatic N) is 2. The van der Waals surface area contributed by atoms with Gasteiger partial charge in [0.2, 0.25) is 0 Å². The van der Waals surface area contributed by atoms with Crippen molar-refractivity contribution in [3.05, 3.63) is 42.0 Å². The summed E-state index contributed by atoms with van der Waals surface area (Å²) in [7, 11) is 0. The van der Waals surface area contributed by atoms with Gasteiger partial charge in [0, 0.05) is 10.9 Å². The standard InChI is InChI=1S/C18H18N2O2S2/c1-3-12(2)22-15(21)10-24-18-16-14(13-7-5-4-6-8-13)9-23-17(16)19-11-20-18/h4-9,11-12H,3,10H2,1-2H3/t12-/m1/s1. The van der Waals surface area contributed by atoms with Crippen LogP contribution in [0.25, 0.3) is 21.3 Å². The van der Waals surface area contributed by atoms with Crippen molar-refractivity contribution >= 4 is 39.3 Å². The lowest BCUT2D eigenvalue weighted by Gasteiger charge is -2.10. The van der Waals surface area contributed by atoms with Gasteiger partial charge in [-0.25, -0.2) is 9.97 Å². The topological polar surface area (TPSA) is 52.1 Å². The predicted octanol–water partition coefficient (Wildman–Crippen LogP) is 4.79. The number of hydrogen-bond donors (Lipinski definition) is 0. The van der Waals surface area contributed by atoms with Crippen molar-refractivity contribution in [1.82, 2.24) is 9.97 Å². The normalized spacial score (nSPS) is 12.2. The van der Waals surface area contributed by atoms with E-state index < -0.39 is 0 Å². The summed E-state index contributed by atoms with van der Waals surface area (Å²) in [6.07, 6.45) is 2.32. The van der Waals surface area contributed by atoms with Gasteiger partial charge in [0.15, 0.2) is 0 Å². The summed E-state index contributed by atoms with van der Waals surface area (Å²) < 4.78 is 5.33.